The van der Waals surface area contributed by atoms with Gasteiger partial charge in [0, 0.05) is 44.9 Å². The summed E-state index contributed by atoms with van der Waals surface area (Å²) < 4.78 is 4.66. The van der Waals surface area contributed by atoms with Gasteiger partial charge in [-0.3, -0.25) is 4.99 Å². The molecular formula is C34H28N4. The number of rotatable bonds is 4. The maximum Gasteiger partial charge on any atom is 0.132 e. The minimum atomic E-state index is 0.617. The Morgan fingerprint density at radius 2 is 1.29 bits per heavy atom. The number of hydrogen-bond acceptors (Lipinski definition) is 2. The smallest absolute Gasteiger partial charge is 0.132 e. The summed E-state index contributed by atoms with van der Waals surface area (Å²) in [5, 5.41) is 7.28. The standard InChI is InChI=1S/C34H28N4/c1-3-10-27-23(2)37(31-14-7-4-11-28(27)31)26-21-35-34(36-22-26)24-17-19-25(20-18-24)38-32-15-8-5-12-29(32)30-13-6-9-16-33(30)38/h3-21H,22H2,1-2H3,(H,35,36)/b10-3-. The molecule has 184 valence electrons. The van der Waals surface area contributed by atoms with Crippen LogP contribution in [0.3, 0.4) is 0 Å². The van der Waals surface area contributed by atoms with Gasteiger partial charge in [0.1, 0.15) is 5.84 Å². The van der Waals surface area contributed by atoms with Crippen LogP contribution in [0.2, 0.25) is 0 Å². The van der Waals surface area contributed by atoms with Crippen molar-refractivity contribution in [1.29, 1.82) is 0 Å². The highest BCUT2D eigenvalue weighted by Gasteiger charge is 2.18. The van der Waals surface area contributed by atoms with Crippen molar-refractivity contribution in [3.63, 3.8) is 0 Å². The molecule has 7 rings (SSSR count). The molecule has 4 aromatic carbocycles. The van der Waals surface area contributed by atoms with Gasteiger partial charge in [-0.2, -0.15) is 0 Å². The van der Waals surface area contributed by atoms with E-state index in [2.05, 4.69) is 144 Å². The van der Waals surface area contributed by atoms with Gasteiger partial charge in [0.15, 0.2) is 0 Å². The molecule has 0 unspecified atom stereocenters. The first-order valence-corrected chi connectivity index (χ1v) is 13.1. The van der Waals surface area contributed by atoms with E-state index in [1.165, 1.54) is 44.0 Å². The van der Waals surface area contributed by atoms with E-state index < -0.39 is 0 Å². The van der Waals surface area contributed by atoms with Crippen LogP contribution in [0.1, 0.15) is 23.7 Å². The van der Waals surface area contributed by atoms with Crippen LogP contribution in [0.25, 0.3) is 50.2 Å². The molecule has 1 aliphatic rings. The second kappa shape index (κ2) is 8.93. The maximum atomic E-state index is 4.94. The molecule has 0 saturated carbocycles. The van der Waals surface area contributed by atoms with Gasteiger partial charge in [-0.1, -0.05) is 66.7 Å². The first kappa shape index (κ1) is 22.4. The van der Waals surface area contributed by atoms with E-state index in [0.717, 1.165) is 22.8 Å². The summed E-state index contributed by atoms with van der Waals surface area (Å²) in [4.78, 5) is 4.94. The van der Waals surface area contributed by atoms with Gasteiger partial charge in [-0.25, -0.2) is 0 Å². The van der Waals surface area contributed by atoms with Gasteiger partial charge in [0.25, 0.3) is 0 Å². The van der Waals surface area contributed by atoms with Crippen molar-refractivity contribution in [2.24, 2.45) is 4.99 Å². The third kappa shape index (κ3) is 3.41. The fraction of sp³-hybridized carbons (Fsp3) is 0.0882. The number of allylic oxidation sites excluding steroid dienone is 1. The van der Waals surface area contributed by atoms with Crippen molar-refractivity contribution >= 4 is 50.3 Å². The van der Waals surface area contributed by atoms with E-state index in [4.69, 9.17) is 4.99 Å². The summed E-state index contributed by atoms with van der Waals surface area (Å²) in [5.74, 6) is 0.894. The Morgan fingerprint density at radius 3 is 1.87 bits per heavy atom. The van der Waals surface area contributed by atoms with Gasteiger partial charge in [0.2, 0.25) is 0 Å². The SMILES string of the molecule is C/C=C\c1c(C)n(C2=CNC(c3ccc(-n4c5ccccc5c5ccccc54)cc3)=NC2)c2ccccc12. The van der Waals surface area contributed by atoms with Crippen molar-refractivity contribution in [3.05, 3.63) is 126 Å². The predicted octanol–water partition coefficient (Wildman–Crippen LogP) is 7.93. The highest BCUT2D eigenvalue weighted by molar-refractivity contribution is 6.09. The van der Waals surface area contributed by atoms with E-state index >= 15 is 0 Å². The Balaban J connectivity index is 1.21. The molecule has 2 aromatic heterocycles. The number of amidine groups is 1. The molecule has 0 amide bonds. The highest BCUT2D eigenvalue weighted by atomic mass is 15.1. The lowest BCUT2D eigenvalue weighted by Gasteiger charge is -2.19. The fourth-order valence-corrected chi connectivity index (χ4v) is 5.82. The van der Waals surface area contributed by atoms with Crippen molar-refractivity contribution in [3.8, 4) is 5.69 Å². The second-order valence-electron chi connectivity index (χ2n) is 9.71. The zero-order valence-electron chi connectivity index (χ0n) is 21.5. The van der Waals surface area contributed by atoms with E-state index in [9.17, 15) is 0 Å². The molecule has 4 heteroatoms. The first-order chi connectivity index (χ1) is 18.7. The van der Waals surface area contributed by atoms with Crippen LogP contribution >= 0.6 is 0 Å². The number of fused-ring (bicyclic) bond motifs is 4. The Labute approximate surface area is 221 Å². The third-order valence-electron chi connectivity index (χ3n) is 7.53. The summed E-state index contributed by atoms with van der Waals surface area (Å²) in [6, 6.07) is 34.5. The van der Waals surface area contributed by atoms with E-state index in [0.29, 0.717) is 6.54 Å². The van der Waals surface area contributed by atoms with Crippen LogP contribution in [0.5, 0.6) is 0 Å². The lowest BCUT2D eigenvalue weighted by Crippen LogP contribution is -2.25. The molecule has 1 aliphatic heterocycles. The van der Waals surface area contributed by atoms with Gasteiger partial charge in [0.05, 0.1) is 28.8 Å². The number of para-hydroxylation sites is 3. The number of hydrogen-bond donors (Lipinski definition) is 1. The molecule has 0 fully saturated rings. The molecule has 0 atom stereocenters. The Bertz CT molecular complexity index is 1870. The molecule has 1 N–H and O–H groups in total. The van der Waals surface area contributed by atoms with Crippen molar-refractivity contribution in [1.82, 2.24) is 14.5 Å². The molecule has 0 radical (unpaired) electrons. The molecule has 0 aliphatic carbocycles. The van der Waals surface area contributed by atoms with Gasteiger partial charge in [-0.15, -0.1) is 0 Å². The van der Waals surface area contributed by atoms with Crippen LogP contribution < -0.4 is 5.32 Å². The van der Waals surface area contributed by atoms with E-state index in [-0.39, 0.29) is 0 Å². The molecule has 0 spiro atoms. The summed E-state index contributed by atoms with van der Waals surface area (Å²) in [5.41, 5.74) is 9.49. The minimum Gasteiger partial charge on any atom is -0.345 e. The maximum absolute atomic E-state index is 4.94. The Morgan fingerprint density at radius 1 is 0.711 bits per heavy atom. The molecular weight excluding hydrogens is 464 g/mol. The minimum absolute atomic E-state index is 0.617. The zero-order valence-corrected chi connectivity index (χ0v) is 21.5. The quantitative estimate of drug-likeness (QED) is 0.266. The second-order valence-corrected chi connectivity index (χ2v) is 9.71. The first-order valence-electron chi connectivity index (χ1n) is 13.1. The normalized spacial score (nSPS) is 13.8. The third-order valence-corrected chi connectivity index (χ3v) is 7.53. The molecule has 4 nitrogen and oxygen atoms in total. The molecule has 6 aromatic rings. The summed E-state index contributed by atoms with van der Waals surface area (Å²) >= 11 is 0. The molecule has 3 heterocycles. The number of aromatic nitrogens is 2. The average Bonchev–Trinajstić information content (AvgIpc) is 3.45. The molecule has 0 saturated heterocycles. The number of benzene rings is 4. The molecule has 38 heavy (non-hydrogen) atoms. The average molecular weight is 493 g/mol. The van der Waals surface area contributed by atoms with Gasteiger partial charge < -0.3 is 14.5 Å². The summed E-state index contributed by atoms with van der Waals surface area (Å²) in [7, 11) is 0. The topological polar surface area (TPSA) is 34.2 Å². The predicted molar refractivity (Wildman–Crippen MR) is 161 cm³/mol. The van der Waals surface area contributed by atoms with Crippen LogP contribution in [0.15, 0.2) is 114 Å². The summed E-state index contributed by atoms with van der Waals surface area (Å²) in [6.07, 6.45) is 6.40. The zero-order chi connectivity index (χ0) is 25.6. The van der Waals surface area contributed by atoms with Gasteiger partial charge >= 0.3 is 0 Å². The van der Waals surface area contributed by atoms with Gasteiger partial charge in [-0.05, 0) is 56.3 Å². The number of aliphatic imine (C=N–C) groups is 1. The lowest BCUT2D eigenvalue weighted by atomic mass is 10.1. The van der Waals surface area contributed by atoms with E-state index in [1.807, 2.05) is 0 Å². The summed E-state index contributed by atoms with van der Waals surface area (Å²) in [6.45, 7) is 4.87. The largest absolute Gasteiger partial charge is 0.345 e. The number of nitrogens with zero attached hydrogens (tertiary/aromatic N) is 3. The van der Waals surface area contributed by atoms with Crippen molar-refractivity contribution in [2.75, 3.05) is 6.54 Å². The number of nitrogens with one attached hydrogen (secondary N) is 1. The fourth-order valence-electron chi connectivity index (χ4n) is 5.82. The lowest BCUT2D eigenvalue weighted by molar-refractivity contribution is 0.978. The van der Waals surface area contributed by atoms with Crippen LogP contribution in [0, 0.1) is 6.92 Å². The Kier molecular flexibility index (Phi) is 5.26. The monoisotopic (exact) mass is 492 g/mol. The van der Waals surface area contributed by atoms with Crippen LogP contribution in [-0.2, 0) is 0 Å². The van der Waals surface area contributed by atoms with Crippen molar-refractivity contribution in [2.45, 2.75) is 13.8 Å². The van der Waals surface area contributed by atoms with E-state index in [1.54, 1.807) is 0 Å². The van der Waals surface area contributed by atoms with Crippen molar-refractivity contribution < 1.29 is 0 Å². The highest BCUT2D eigenvalue weighted by Crippen LogP contribution is 2.32. The Hall–Kier alpha value is -4.83. The van der Waals surface area contributed by atoms with Crippen LogP contribution in [0.4, 0.5) is 0 Å². The molecule has 0 bridgehead atoms. The van der Waals surface area contributed by atoms with Crippen LogP contribution in [-0.4, -0.2) is 21.5 Å².